The second-order valence-corrected chi connectivity index (χ2v) is 4.89. The Hall–Kier alpha value is -1.24. The van der Waals surface area contributed by atoms with Crippen molar-refractivity contribution < 1.29 is 15.0 Å². The van der Waals surface area contributed by atoms with E-state index >= 15 is 0 Å². The van der Waals surface area contributed by atoms with E-state index in [4.69, 9.17) is 0 Å². The summed E-state index contributed by atoms with van der Waals surface area (Å²) in [7, 11) is 0. The van der Waals surface area contributed by atoms with Crippen LogP contribution in [0.1, 0.15) is 39.5 Å². The van der Waals surface area contributed by atoms with Gasteiger partial charge in [0.25, 0.3) is 0 Å². The van der Waals surface area contributed by atoms with Gasteiger partial charge in [-0.1, -0.05) is 0 Å². The molecule has 0 amide bonds. The van der Waals surface area contributed by atoms with Gasteiger partial charge in [0, 0.05) is 23.7 Å². The Balaban J connectivity index is 3.00. The van der Waals surface area contributed by atoms with Gasteiger partial charge in [-0.2, -0.15) is 0 Å². The zero-order valence-electron chi connectivity index (χ0n) is 10.0. The Kier molecular flexibility index (Phi) is 4.03. The average Bonchev–Trinajstić information content (AvgIpc) is 2.28. The third-order valence-electron chi connectivity index (χ3n) is 4.18. The van der Waals surface area contributed by atoms with Gasteiger partial charge in [0.15, 0.2) is 0 Å². The van der Waals surface area contributed by atoms with Crippen LogP contribution in [-0.2, 0) is 0 Å². The second kappa shape index (κ2) is 4.95. The van der Waals surface area contributed by atoms with Gasteiger partial charge in [0.05, 0.1) is 6.10 Å². The maximum Gasteiger partial charge on any atom is 0.222 e. The molecule has 98 valence electrons. The molecule has 0 bridgehead atoms. The van der Waals surface area contributed by atoms with Crippen molar-refractivity contribution in [2.24, 2.45) is 5.41 Å². The van der Waals surface area contributed by atoms with Crippen LogP contribution in [0.2, 0.25) is 0 Å². The molecular formula is C10H18N2O5. The number of nitro groups is 2. The van der Waals surface area contributed by atoms with E-state index in [0.29, 0.717) is 25.7 Å². The lowest BCUT2D eigenvalue weighted by Crippen LogP contribution is -2.51. The van der Waals surface area contributed by atoms with Gasteiger partial charge in [-0.25, -0.2) is 0 Å². The van der Waals surface area contributed by atoms with Crippen molar-refractivity contribution in [3.05, 3.63) is 20.2 Å². The van der Waals surface area contributed by atoms with E-state index in [0.717, 1.165) is 0 Å². The minimum absolute atomic E-state index is 0.332. The van der Waals surface area contributed by atoms with E-state index in [9.17, 15) is 25.3 Å². The van der Waals surface area contributed by atoms with Crippen molar-refractivity contribution in [1.82, 2.24) is 0 Å². The minimum Gasteiger partial charge on any atom is -0.393 e. The highest BCUT2D eigenvalue weighted by molar-refractivity contribution is 4.93. The molecule has 0 aromatic rings. The highest BCUT2D eigenvalue weighted by Gasteiger charge is 2.55. The summed E-state index contributed by atoms with van der Waals surface area (Å²) in [6.07, 6.45) is 0.977. The molecule has 0 heterocycles. The molecule has 0 saturated heterocycles. The normalized spacial score (nSPS) is 32.8. The van der Waals surface area contributed by atoms with Crippen LogP contribution in [0, 0.1) is 25.6 Å². The van der Waals surface area contributed by atoms with Gasteiger partial charge in [0.1, 0.15) is 5.41 Å². The Morgan fingerprint density at radius 3 is 1.76 bits per heavy atom. The molecule has 0 aromatic heterocycles. The predicted molar refractivity (Wildman–Crippen MR) is 59.8 cm³/mol. The molecule has 1 aliphatic carbocycles. The maximum atomic E-state index is 10.9. The smallest absolute Gasteiger partial charge is 0.222 e. The van der Waals surface area contributed by atoms with Crippen LogP contribution in [-0.4, -0.2) is 33.1 Å². The van der Waals surface area contributed by atoms with Crippen molar-refractivity contribution >= 4 is 0 Å². The van der Waals surface area contributed by atoms with Gasteiger partial charge in [-0.05, 0) is 25.7 Å². The van der Waals surface area contributed by atoms with Crippen molar-refractivity contribution in [3.63, 3.8) is 0 Å². The highest BCUT2D eigenvalue weighted by Crippen LogP contribution is 2.44. The molecule has 7 nitrogen and oxygen atoms in total. The standard InChI is InChI=1S/C10H18N2O5/c1-7(11(14)15)10(8(2)12(16)17)5-3-9(13)4-6-10/h7-9,13H,3-6H2,1-2H3. The monoisotopic (exact) mass is 246 g/mol. The van der Waals surface area contributed by atoms with Gasteiger partial charge in [-0.3, -0.25) is 20.2 Å². The first-order valence-corrected chi connectivity index (χ1v) is 5.76. The molecule has 7 heteroatoms. The molecule has 0 aliphatic heterocycles. The number of nitrogens with zero attached hydrogens (tertiary/aromatic N) is 2. The fourth-order valence-electron chi connectivity index (χ4n) is 2.74. The summed E-state index contributed by atoms with van der Waals surface area (Å²) in [6, 6.07) is -1.93. The first-order chi connectivity index (χ1) is 7.81. The van der Waals surface area contributed by atoms with Crippen LogP contribution in [0.4, 0.5) is 0 Å². The predicted octanol–water partition coefficient (Wildman–Crippen LogP) is 1.24. The van der Waals surface area contributed by atoms with Crippen LogP contribution >= 0.6 is 0 Å². The summed E-state index contributed by atoms with van der Waals surface area (Å²) in [4.78, 5) is 21.0. The maximum absolute atomic E-state index is 10.9. The van der Waals surface area contributed by atoms with Crippen molar-refractivity contribution in [1.29, 1.82) is 0 Å². The van der Waals surface area contributed by atoms with Gasteiger partial charge >= 0.3 is 0 Å². The van der Waals surface area contributed by atoms with Crippen LogP contribution in [0.15, 0.2) is 0 Å². The molecule has 2 unspecified atom stereocenters. The van der Waals surface area contributed by atoms with E-state index in [2.05, 4.69) is 0 Å². The van der Waals surface area contributed by atoms with Gasteiger partial charge in [0.2, 0.25) is 12.1 Å². The molecule has 2 atom stereocenters. The molecule has 0 aromatic carbocycles. The molecule has 1 N–H and O–H groups in total. The first kappa shape index (κ1) is 13.8. The van der Waals surface area contributed by atoms with Crippen molar-refractivity contribution in [3.8, 4) is 0 Å². The number of hydrogen-bond acceptors (Lipinski definition) is 5. The zero-order chi connectivity index (χ0) is 13.2. The van der Waals surface area contributed by atoms with Crippen molar-refractivity contribution in [2.75, 3.05) is 0 Å². The fraction of sp³-hybridized carbons (Fsp3) is 1.00. The Morgan fingerprint density at radius 1 is 1.12 bits per heavy atom. The lowest BCUT2D eigenvalue weighted by Gasteiger charge is -2.39. The molecular weight excluding hydrogens is 228 g/mol. The molecule has 17 heavy (non-hydrogen) atoms. The SMILES string of the molecule is CC([N+](=O)[O-])C1(C(C)[N+](=O)[O-])CCC(O)CC1. The lowest BCUT2D eigenvalue weighted by molar-refractivity contribution is -0.590. The molecule has 1 rings (SSSR count). The highest BCUT2D eigenvalue weighted by atomic mass is 16.6. The average molecular weight is 246 g/mol. The lowest BCUT2D eigenvalue weighted by atomic mass is 9.65. The summed E-state index contributed by atoms with van der Waals surface area (Å²) >= 11 is 0. The van der Waals surface area contributed by atoms with E-state index in [1.807, 2.05) is 0 Å². The summed E-state index contributed by atoms with van der Waals surface area (Å²) in [5.41, 5.74) is -0.938. The summed E-state index contributed by atoms with van der Waals surface area (Å²) in [5.74, 6) is 0. The number of aliphatic hydroxyl groups is 1. The number of aliphatic hydroxyl groups excluding tert-OH is 1. The summed E-state index contributed by atoms with van der Waals surface area (Å²) < 4.78 is 0. The molecule has 1 fully saturated rings. The van der Waals surface area contributed by atoms with Crippen molar-refractivity contribution in [2.45, 2.75) is 57.7 Å². The third-order valence-corrected chi connectivity index (χ3v) is 4.18. The minimum atomic E-state index is -0.963. The first-order valence-electron chi connectivity index (χ1n) is 5.76. The summed E-state index contributed by atoms with van der Waals surface area (Å²) in [6.45, 7) is 2.86. The van der Waals surface area contributed by atoms with Gasteiger partial charge in [-0.15, -0.1) is 0 Å². The summed E-state index contributed by atoms with van der Waals surface area (Å²) in [5, 5.41) is 31.3. The molecule has 1 saturated carbocycles. The Bertz CT molecular complexity index is 290. The van der Waals surface area contributed by atoms with Crippen LogP contribution in [0.5, 0.6) is 0 Å². The third kappa shape index (κ3) is 2.54. The number of rotatable bonds is 4. The van der Waals surface area contributed by atoms with E-state index in [-0.39, 0.29) is 0 Å². The van der Waals surface area contributed by atoms with E-state index < -0.39 is 33.4 Å². The van der Waals surface area contributed by atoms with Crippen LogP contribution < -0.4 is 0 Å². The molecule has 0 radical (unpaired) electrons. The van der Waals surface area contributed by atoms with E-state index in [1.165, 1.54) is 13.8 Å². The topological polar surface area (TPSA) is 107 Å². The second-order valence-electron chi connectivity index (χ2n) is 4.89. The van der Waals surface area contributed by atoms with Crippen LogP contribution in [0.3, 0.4) is 0 Å². The Morgan fingerprint density at radius 2 is 1.47 bits per heavy atom. The molecule has 0 spiro atoms. The van der Waals surface area contributed by atoms with Gasteiger partial charge < -0.3 is 5.11 Å². The van der Waals surface area contributed by atoms with E-state index in [1.54, 1.807) is 0 Å². The Labute approximate surface area is 99.1 Å². The largest absolute Gasteiger partial charge is 0.393 e. The quantitative estimate of drug-likeness (QED) is 0.593. The fourth-order valence-corrected chi connectivity index (χ4v) is 2.74. The zero-order valence-corrected chi connectivity index (χ0v) is 10.0. The number of hydrogen-bond donors (Lipinski definition) is 1. The molecule has 1 aliphatic rings. The van der Waals surface area contributed by atoms with Crippen LogP contribution in [0.25, 0.3) is 0 Å².